The lowest BCUT2D eigenvalue weighted by molar-refractivity contribution is 0.559. The molecule has 1 atom stereocenters. The standard InChI is InChI=1S/C12H18N6S/c1-9(8-18-6-4-5-14-18)15-11-7-10(13-2)16-12(17-11)19-3/h4-7,9H,8H2,1-3H3,(H2,13,15,16,17). The second-order valence-electron chi connectivity index (χ2n) is 4.15. The average Bonchev–Trinajstić information content (AvgIpc) is 2.90. The highest BCUT2D eigenvalue weighted by Gasteiger charge is 2.07. The van der Waals surface area contributed by atoms with Gasteiger partial charge in [0.1, 0.15) is 11.6 Å². The highest BCUT2D eigenvalue weighted by atomic mass is 32.2. The molecule has 0 saturated heterocycles. The second kappa shape index (κ2) is 6.42. The van der Waals surface area contributed by atoms with Crippen molar-refractivity contribution in [1.82, 2.24) is 19.7 Å². The third-order valence-corrected chi connectivity index (χ3v) is 3.11. The molecule has 102 valence electrons. The predicted molar refractivity (Wildman–Crippen MR) is 78.7 cm³/mol. The summed E-state index contributed by atoms with van der Waals surface area (Å²) in [6.07, 6.45) is 5.69. The second-order valence-corrected chi connectivity index (χ2v) is 4.92. The number of hydrogen-bond acceptors (Lipinski definition) is 6. The van der Waals surface area contributed by atoms with E-state index in [1.165, 1.54) is 11.8 Å². The normalized spacial score (nSPS) is 12.2. The number of aromatic nitrogens is 4. The first-order valence-corrected chi connectivity index (χ1v) is 7.28. The summed E-state index contributed by atoms with van der Waals surface area (Å²) < 4.78 is 1.90. The molecule has 6 nitrogen and oxygen atoms in total. The first-order chi connectivity index (χ1) is 9.21. The zero-order valence-corrected chi connectivity index (χ0v) is 12.1. The van der Waals surface area contributed by atoms with E-state index in [0.717, 1.165) is 23.3 Å². The van der Waals surface area contributed by atoms with E-state index in [1.54, 1.807) is 6.20 Å². The SMILES string of the molecule is CNc1cc(NC(C)Cn2cccn2)nc(SC)n1. The minimum atomic E-state index is 0.231. The van der Waals surface area contributed by atoms with Gasteiger partial charge >= 0.3 is 0 Å². The molecule has 2 heterocycles. The van der Waals surface area contributed by atoms with Crippen molar-refractivity contribution in [1.29, 1.82) is 0 Å². The van der Waals surface area contributed by atoms with Crippen LogP contribution in [0.1, 0.15) is 6.92 Å². The Hall–Kier alpha value is -1.76. The van der Waals surface area contributed by atoms with Gasteiger partial charge in [0.2, 0.25) is 0 Å². The van der Waals surface area contributed by atoms with Crippen molar-refractivity contribution in [3.8, 4) is 0 Å². The minimum absolute atomic E-state index is 0.231. The van der Waals surface area contributed by atoms with Crippen LogP contribution in [0, 0.1) is 0 Å². The number of nitrogens with one attached hydrogen (secondary N) is 2. The molecule has 0 aliphatic heterocycles. The summed E-state index contributed by atoms with van der Waals surface area (Å²) in [4.78, 5) is 8.78. The van der Waals surface area contributed by atoms with Crippen molar-refractivity contribution in [3.05, 3.63) is 24.5 Å². The Morgan fingerprint density at radius 1 is 1.37 bits per heavy atom. The van der Waals surface area contributed by atoms with Crippen LogP contribution in [0.4, 0.5) is 11.6 Å². The largest absolute Gasteiger partial charge is 0.373 e. The Morgan fingerprint density at radius 3 is 2.79 bits per heavy atom. The Labute approximate surface area is 117 Å². The van der Waals surface area contributed by atoms with Crippen LogP contribution in [0.2, 0.25) is 0 Å². The fourth-order valence-corrected chi connectivity index (χ4v) is 2.08. The van der Waals surface area contributed by atoms with Gasteiger partial charge in [-0.05, 0) is 19.2 Å². The first kappa shape index (κ1) is 13.7. The molecule has 0 saturated carbocycles. The third kappa shape index (κ3) is 3.85. The number of rotatable bonds is 6. The van der Waals surface area contributed by atoms with Crippen LogP contribution < -0.4 is 10.6 Å². The van der Waals surface area contributed by atoms with E-state index in [2.05, 4.69) is 32.6 Å². The summed E-state index contributed by atoms with van der Waals surface area (Å²) in [5, 5.41) is 11.3. The molecule has 0 radical (unpaired) electrons. The van der Waals surface area contributed by atoms with Gasteiger partial charge in [-0.15, -0.1) is 0 Å². The van der Waals surface area contributed by atoms with Crippen molar-refractivity contribution in [2.75, 3.05) is 23.9 Å². The zero-order chi connectivity index (χ0) is 13.7. The van der Waals surface area contributed by atoms with Gasteiger partial charge in [-0.3, -0.25) is 4.68 Å². The molecule has 19 heavy (non-hydrogen) atoms. The summed E-state index contributed by atoms with van der Waals surface area (Å²) in [7, 11) is 1.85. The monoisotopic (exact) mass is 278 g/mol. The summed E-state index contributed by atoms with van der Waals surface area (Å²) in [5.74, 6) is 1.64. The lowest BCUT2D eigenvalue weighted by Gasteiger charge is -2.15. The maximum Gasteiger partial charge on any atom is 0.191 e. The fourth-order valence-electron chi connectivity index (χ4n) is 1.71. The zero-order valence-electron chi connectivity index (χ0n) is 11.3. The van der Waals surface area contributed by atoms with Crippen LogP contribution >= 0.6 is 11.8 Å². The maximum absolute atomic E-state index is 4.44. The first-order valence-electron chi connectivity index (χ1n) is 6.06. The molecule has 2 N–H and O–H groups in total. The topological polar surface area (TPSA) is 67.7 Å². The van der Waals surface area contributed by atoms with Gasteiger partial charge < -0.3 is 10.6 Å². The smallest absolute Gasteiger partial charge is 0.191 e. The molecule has 2 rings (SSSR count). The number of anilines is 2. The fraction of sp³-hybridized carbons (Fsp3) is 0.417. The number of thioether (sulfide) groups is 1. The molecular weight excluding hydrogens is 260 g/mol. The molecule has 0 aliphatic carbocycles. The van der Waals surface area contributed by atoms with E-state index in [1.807, 2.05) is 36.3 Å². The lowest BCUT2D eigenvalue weighted by Crippen LogP contribution is -2.23. The van der Waals surface area contributed by atoms with Crippen LogP contribution in [-0.4, -0.2) is 39.1 Å². The van der Waals surface area contributed by atoms with E-state index in [9.17, 15) is 0 Å². The van der Waals surface area contributed by atoms with E-state index in [4.69, 9.17) is 0 Å². The molecule has 0 spiro atoms. The predicted octanol–water partition coefficient (Wildman–Crippen LogP) is 1.94. The number of nitrogens with zero attached hydrogens (tertiary/aromatic N) is 4. The summed E-state index contributed by atoms with van der Waals surface area (Å²) >= 11 is 1.53. The van der Waals surface area contributed by atoms with Crippen molar-refractivity contribution in [2.24, 2.45) is 0 Å². The molecule has 2 aromatic rings. The van der Waals surface area contributed by atoms with Crippen LogP contribution in [0.25, 0.3) is 0 Å². The van der Waals surface area contributed by atoms with E-state index in [0.29, 0.717) is 0 Å². The molecule has 0 fully saturated rings. The van der Waals surface area contributed by atoms with E-state index >= 15 is 0 Å². The van der Waals surface area contributed by atoms with Crippen LogP contribution in [0.15, 0.2) is 29.7 Å². The van der Waals surface area contributed by atoms with Gasteiger partial charge in [0.15, 0.2) is 5.16 Å². The Balaban J connectivity index is 2.05. The molecule has 0 aliphatic rings. The summed E-state index contributed by atoms with van der Waals surface area (Å²) in [5.41, 5.74) is 0. The summed E-state index contributed by atoms with van der Waals surface area (Å²) in [6.45, 7) is 2.89. The highest BCUT2D eigenvalue weighted by molar-refractivity contribution is 7.98. The Morgan fingerprint density at radius 2 is 2.16 bits per heavy atom. The van der Waals surface area contributed by atoms with Crippen LogP contribution in [-0.2, 0) is 6.54 Å². The van der Waals surface area contributed by atoms with Crippen LogP contribution in [0.5, 0.6) is 0 Å². The van der Waals surface area contributed by atoms with Crippen molar-refractivity contribution in [2.45, 2.75) is 24.7 Å². The van der Waals surface area contributed by atoms with E-state index < -0.39 is 0 Å². The van der Waals surface area contributed by atoms with Gasteiger partial charge in [-0.25, -0.2) is 9.97 Å². The van der Waals surface area contributed by atoms with Gasteiger partial charge in [0.25, 0.3) is 0 Å². The molecule has 0 bridgehead atoms. The maximum atomic E-state index is 4.44. The molecule has 7 heteroatoms. The van der Waals surface area contributed by atoms with Crippen molar-refractivity contribution >= 4 is 23.4 Å². The van der Waals surface area contributed by atoms with Crippen LogP contribution in [0.3, 0.4) is 0 Å². The van der Waals surface area contributed by atoms with Gasteiger partial charge in [-0.2, -0.15) is 5.10 Å². The molecule has 0 aromatic carbocycles. The third-order valence-electron chi connectivity index (χ3n) is 2.56. The van der Waals surface area contributed by atoms with Crippen molar-refractivity contribution < 1.29 is 0 Å². The highest BCUT2D eigenvalue weighted by Crippen LogP contribution is 2.17. The Bertz CT molecular complexity index is 491. The van der Waals surface area contributed by atoms with Gasteiger partial charge in [-0.1, -0.05) is 11.8 Å². The number of hydrogen-bond donors (Lipinski definition) is 2. The minimum Gasteiger partial charge on any atom is -0.373 e. The summed E-state index contributed by atoms with van der Waals surface area (Å²) in [6, 6.07) is 4.05. The Kier molecular flexibility index (Phi) is 4.62. The quantitative estimate of drug-likeness (QED) is 0.622. The van der Waals surface area contributed by atoms with Gasteiger partial charge in [0, 0.05) is 31.5 Å². The molecule has 2 aromatic heterocycles. The molecule has 1 unspecified atom stereocenters. The molecule has 0 amide bonds. The average molecular weight is 278 g/mol. The molecular formula is C12H18N6S. The van der Waals surface area contributed by atoms with E-state index in [-0.39, 0.29) is 6.04 Å². The lowest BCUT2D eigenvalue weighted by atomic mass is 10.3. The van der Waals surface area contributed by atoms with Crippen molar-refractivity contribution in [3.63, 3.8) is 0 Å². The van der Waals surface area contributed by atoms with Gasteiger partial charge in [0.05, 0.1) is 6.54 Å².